The number of carbonyl (C=O) groups excluding carboxylic acids is 8. The molecular formula is C51H82N8O15. The van der Waals surface area contributed by atoms with Gasteiger partial charge in [-0.1, -0.05) is 84.8 Å². The van der Waals surface area contributed by atoms with E-state index in [4.69, 9.17) is 5.73 Å². The molecule has 7 unspecified atom stereocenters. The molecule has 15 atom stereocenters. The fraction of sp³-hybridized carbons (Fsp3) is 0.725. The van der Waals surface area contributed by atoms with E-state index in [-0.39, 0.29) is 43.7 Å². The van der Waals surface area contributed by atoms with Crippen molar-refractivity contribution in [1.29, 1.82) is 0 Å². The molecule has 23 heteroatoms. The predicted octanol–water partition coefficient (Wildman–Crippen LogP) is -1.38. The molecule has 14 N–H and O–H groups in total. The molecule has 0 saturated carbocycles. The summed E-state index contributed by atoms with van der Waals surface area (Å²) in [4.78, 5) is 113. The van der Waals surface area contributed by atoms with Gasteiger partial charge in [0.1, 0.15) is 54.2 Å². The Kier molecular flexibility index (Phi) is 23.9. The Morgan fingerprint density at radius 1 is 0.770 bits per heavy atom. The van der Waals surface area contributed by atoms with Crippen molar-refractivity contribution in [1.82, 2.24) is 36.4 Å². The van der Waals surface area contributed by atoms with E-state index < -0.39 is 145 Å². The highest BCUT2D eigenvalue weighted by atomic mass is 16.3. The Balaban J connectivity index is 1.66. The minimum atomic E-state index is -2.31. The van der Waals surface area contributed by atoms with Crippen molar-refractivity contribution in [3.8, 4) is 5.75 Å². The topological polar surface area (TPSA) is 371 Å². The zero-order valence-electron chi connectivity index (χ0n) is 43.4. The predicted molar refractivity (Wildman–Crippen MR) is 268 cm³/mol. The summed E-state index contributed by atoms with van der Waals surface area (Å²) < 4.78 is 0. The summed E-state index contributed by atoms with van der Waals surface area (Å²) >= 11 is 0. The lowest BCUT2D eigenvalue weighted by Crippen LogP contribution is -2.64. The number of phenols is 1. The zero-order chi connectivity index (χ0) is 55.0. The van der Waals surface area contributed by atoms with Gasteiger partial charge in [0.05, 0.1) is 30.8 Å². The van der Waals surface area contributed by atoms with E-state index in [1.807, 2.05) is 0 Å². The molecule has 0 radical (unpaired) electrons. The highest BCUT2D eigenvalue weighted by Gasteiger charge is 2.50. The maximum absolute atomic E-state index is 14.5. The van der Waals surface area contributed by atoms with Crippen molar-refractivity contribution in [3.05, 3.63) is 29.8 Å². The van der Waals surface area contributed by atoms with Gasteiger partial charge in [-0.2, -0.15) is 0 Å². The number of benzene rings is 1. The van der Waals surface area contributed by atoms with Gasteiger partial charge in [0, 0.05) is 38.4 Å². The van der Waals surface area contributed by atoms with E-state index >= 15 is 0 Å². The summed E-state index contributed by atoms with van der Waals surface area (Å²) in [5, 5.41) is 89.5. The van der Waals surface area contributed by atoms with Gasteiger partial charge in [-0.3, -0.25) is 38.4 Å². The van der Waals surface area contributed by atoms with Crippen LogP contribution in [0.25, 0.3) is 0 Å². The van der Waals surface area contributed by atoms with Crippen molar-refractivity contribution < 1.29 is 74.1 Å². The number of aliphatic hydroxyl groups excluding tert-OH is 6. The van der Waals surface area contributed by atoms with Crippen LogP contribution in [0.15, 0.2) is 24.3 Å². The number of hydrogen-bond acceptors (Lipinski definition) is 15. The molecule has 3 heterocycles. The summed E-state index contributed by atoms with van der Waals surface area (Å²) in [6.45, 7) is 8.48. The van der Waals surface area contributed by atoms with Crippen LogP contribution in [-0.4, -0.2) is 179 Å². The Labute approximate surface area is 432 Å². The normalized spacial score (nSPS) is 28.2. The third-order valence-corrected chi connectivity index (χ3v) is 14.5. The molecule has 0 bridgehead atoms. The van der Waals surface area contributed by atoms with E-state index in [1.165, 1.54) is 45.2 Å². The standard InChI is InChI=1S/C51H82N8O15/c1-6-27(2)22-28(3)14-11-9-7-8-10-12-16-38(65)54-34-15-13-21-53-49(72)42-43(66)29(4)25-59(42)51(74)40(36(63)24-37(52)64)56-48(71)41(45(68)44(67)31-17-19-32(61)20-18-31)57-47(70)35-23-33(62)26-58(35)50(73)39(30(5)60)55-46(34)69/h17-20,27-30,33-36,39-45,60-63,66-68H,6-16,21-26H2,1-5H3,(H2,52,64)(H,53,72)(H,54,65)(H,55,69)(H,56,71)(H,57,70)/t27?,28?,29-,30+,33+,34+,35?,36+,39?,40?,41?,42?,43-,44+,45-/m0/s1. The quantitative estimate of drug-likeness (QED) is 0.0670. The van der Waals surface area contributed by atoms with E-state index in [9.17, 15) is 74.1 Å². The van der Waals surface area contributed by atoms with E-state index in [1.54, 1.807) is 0 Å². The molecule has 0 spiro atoms. The lowest BCUT2D eigenvalue weighted by Gasteiger charge is -2.34. The molecular weight excluding hydrogens is 965 g/mol. The summed E-state index contributed by atoms with van der Waals surface area (Å²) in [5.41, 5.74) is 5.29. The monoisotopic (exact) mass is 1050 g/mol. The third kappa shape index (κ3) is 17.3. The first-order valence-electron chi connectivity index (χ1n) is 26.2. The highest BCUT2D eigenvalue weighted by Crippen LogP contribution is 2.28. The van der Waals surface area contributed by atoms with Crippen molar-refractivity contribution in [2.75, 3.05) is 19.6 Å². The molecule has 23 nitrogen and oxygen atoms in total. The number of rotatable bonds is 20. The average molecular weight is 1050 g/mol. The molecule has 1 aromatic rings. The second kappa shape index (κ2) is 29.0. The van der Waals surface area contributed by atoms with Gasteiger partial charge in [0.15, 0.2) is 0 Å². The van der Waals surface area contributed by atoms with Crippen molar-refractivity contribution >= 4 is 47.3 Å². The van der Waals surface area contributed by atoms with E-state index in [2.05, 4.69) is 47.4 Å². The minimum absolute atomic E-state index is 0.00989. The summed E-state index contributed by atoms with van der Waals surface area (Å²) in [6, 6.07) is -6.12. The summed E-state index contributed by atoms with van der Waals surface area (Å²) in [6.07, 6.45) is -3.36. The average Bonchev–Trinajstić information content (AvgIpc) is 3.89. The van der Waals surface area contributed by atoms with Gasteiger partial charge in [-0.25, -0.2) is 0 Å². The lowest BCUT2D eigenvalue weighted by molar-refractivity contribution is -0.148. The number of hydrogen-bond donors (Lipinski definition) is 13. The van der Waals surface area contributed by atoms with Crippen LogP contribution in [0.3, 0.4) is 0 Å². The van der Waals surface area contributed by atoms with Crippen molar-refractivity contribution in [2.24, 2.45) is 23.5 Å². The molecule has 0 aliphatic carbocycles. The minimum Gasteiger partial charge on any atom is -0.508 e. The fourth-order valence-electron chi connectivity index (χ4n) is 9.97. The number of aromatic hydroxyl groups is 1. The van der Waals surface area contributed by atoms with Gasteiger partial charge in [0.25, 0.3) is 0 Å². The van der Waals surface area contributed by atoms with Crippen LogP contribution in [0.4, 0.5) is 0 Å². The molecule has 416 valence electrons. The van der Waals surface area contributed by atoms with Crippen LogP contribution >= 0.6 is 0 Å². The van der Waals surface area contributed by atoms with Crippen LogP contribution in [0.2, 0.25) is 0 Å². The first-order chi connectivity index (χ1) is 34.9. The second-order valence-electron chi connectivity index (χ2n) is 20.8. The summed E-state index contributed by atoms with van der Waals surface area (Å²) in [5.74, 6) is -7.91. The number of nitrogens with two attached hydrogens (primary N) is 1. The first kappa shape index (κ1) is 61.1. The van der Waals surface area contributed by atoms with Gasteiger partial charge < -0.3 is 77.9 Å². The first-order valence-corrected chi connectivity index (χ1v) is 26.2. The molecule has 3 fully saturated rings. The molecule has 8 amide bonds. The van der Waals surface area contributed by atoms with Gasteiger partial charge >= 0.3 is 0 Å². The number of aliphatic hydroxyl groups is 6. The van der Waals surface area contributed by atoms with Crippen LogP contribution in [0, 0.1) is 17.8 Å². The van der Waals surface area contributed by atoms with Gasteiger partial charge in [-0.05, 0) is 62.1 Å². The smallest absolute Gasteiger partial charge is 0.248 e. The molecule has 3 saturated heterocycles. The molecule has 1 aromatic carbocycles. The number of fused-ring (bicyclic) bond motifs is 2. The number of unbranched alkanes of at least 4 members (excludes halogenated alkanes) is 5. The summed E-state index contributed by atoms with van der Waals surface area (Å²) in [7, 11) is 0. The van der Waals surface area contributed by atoms with Gasteiger partial charge in [-0.15, -0.1) is 0 Å². The van der Waals surface area contributed by atoms with Crippen LogP contribution in [0.5, 0.6) is 5.75 Å². The number of primary amides is 1. The van der Waals surface area contributed by atoms with Gasteiger partial charge in [0.2, 0.25) is 47.3 Å². The largest absolute Gasteiger partial charge is 0.508 e. The van der Waals surface area contributed by atoms with Crippen LogP contribution in [0.1, 0.15) is 136 Å². The number of nitrogens with zero attached hydrogens (tertiary/aromatic N) is 2. The van der Waals surface area contributed by atoms with Crippen LogP contribution < -0.4 is 32.3 Å². The highest BCUT2D eigenvalue weighted by molar-refractivity contribution is 5.98. The maximum Gasteiger partial charge on any atom is 0.248 e. The Hall–Kier alpha value is -5.46. The van der Waals surface area contributed by atoms with E-state index in [0.717, 1.165) is 54.0 Å². The maximum atomic E-state index is 14.5. The Morgan fingerprint density at radius 2 is 1.38 bits per heavy atom. The molecule has 74 heavy (non-hydrogen) atoms. The third-order valence-electron chi connectivity index (χ3n) is 14.5. The Bertz CT molecular complexity index is 2060. The second-order valence-corrected chi connectivity index (χ2v) is 20.8. The number of carbonyl (C=O) groups is 8. The molecule has 4 rings (SSSR count). The fourth-order valence-corrected chi connectivity index (χ4v) is 9.97. The number of amides is 8. The zero-order valence-corrected chi connectivity index (χ0v) is 43.4. The molecule has 3 aliphatic rings. The number of phenolic OH excluding ortho intramolecular Hbond substituents is 1. The Morgan fingerprint density at radius 3 is 2.01 bits per heavy atom. The lowest BCUT2D eigenvalue weighted by atomic mass is 9.91. The van der Waals surface area contributed by atoms with Crippen molar-refractivity contribution in [3.63, 3.8) is 0 Å². The SMILES string of the molecule is CCC(C)CC(C)CCCCCCCCC(=O)N[C@@H]1CCCNC(=O)C2[C@@H](O)[C@@H](C)CN2C(=O)C([C@H](O)CC(N)=O)NC(=O)C([C@H](O)[C@H](O)c2ccc(O)cc2)NC(=O)C2C[C@@H](O)CN2C(=O)C([C@@H](C)O)NC1=O. The molecule has 3 aliphatic heterocycles. The molecule has 0 aromatic heterocycles. The van der Waals surface area contributed by atoms with Crippen molar-refractivity contribution in [2.45, 2.75) is 197 Å². The van der Waals surface area contributed by atoms with Crippen LogP contribution in [-0.2, 0) is 38.4 Å². The van der Waals surface area contributed by atoms with E-state index in [0.29, 0.717) is 18.3 Å². The number of nitrogens with one attached hydrogen (secondary N) is 5.